The normalized spacial score (nSPS) is 21.8. The van der Waals surface area contributed by atoms with Crippen molar-refractivity contribution in [2.75, 3.05) is 0 Å². The van der Waals surface area contributed by atoms with Crippen LogP contribution in [0.3, 0.4) is 0 Å². The molecule has 3 aromatic rings. The van der Waals surface area contributed by atoms with Gasteiger partial charge in [-0.2, -0.15) is 0 Å². The first-order valence-electron chi connectivity index (χ1n) is 9.16. The van der Waals surface area contributed by atoms with E-state index < -0.39 is 0 Å². The Bertz CT molecular complexity index is 883. The predicted molar refractivity (Wildman–Crippen MR) is 108 cm³/mol. The fraction of sp³-hybridized carbons (Fsp3) is 0.208. The molecule has 1 aliphatic heterocycles. The molecule has 0 fully saturated rings. The van der Waals surface area contributed by atoms with Crippen molar-refractivity contribution in [1.29, 1.82) is 0 Å². The van der Waals surface area contributed by atoms with Crippen molar-refractivity contribution in [2.45, 2.75) is 26.1 Å². The Hall–Kier alpha value is -2.71. The van der Waals surface area contributed by atoms with Gasteiger partial charge in [-0.05, 0) is 16.7 Å². The lowest BCUT2D eigenvalue weighted by atomic mass is 9.72. The summed E-state index contributed by atoms with van der Waals surface area (Å²) in [5, 5.41) is 3.79. The van der Waals surface area contributed by atoms with Crippen molar-refractivity contribution in [3.8, 4) is 0 Å². The smallest absolute Gasteiger partial charge is 0.126 e. The quantitative estimate of drug-likeness (QED) is 0.664. The first-order chi connectivity index (χ1) is 12.7. The van der Waals surface area contributed by atoms with Gasteiger partial charge in [0.1, 0.15) is 6.17 Å². The lowest BCUT2D eigenvalue weighted by Gasteiger charge is -2.43. The molecule has 1 N–H and O–H groups in total. The molecule has 3 aromatic carbocycles. The highest BCUT2D eigenvalue weighted by atomic mass is 15.1. The van der Waals surface area contributed by atoms with Crippen LogP contribution in [-0.2, 0) is 0 Å². The van der Waals surface area contributed by atoms with Gasteiger partial charge in [0, 0.05) is 11.5 Å². The summed E-state index contributed by atoms with van der Waals surface area (Å²) in [4.78, 5) is 5.16. The van der Waals surface area contributed by atoms with Crippen LogP contribution >= 0.6 is 0 Å². The summed E-state index contributed by atoms with van der Waals surface area (Å²) in [6.45, 7) is 4.56. The second kappa shape index (κ2) is 6.89. The molecular formula is C24H24N2. The van der Waals surface area contributed by atoms with Crippen LogP contribution in [0.25, 0.3) is 0 Å². The predicted octanol–water partition coefficient (Wildman–Crippen LogP) is 5.55. The highest BCUT2D eigenvalue weighted by Gasteiger charge is 2.41. The van der Waals surface area contributed by atoms with Crippen LogP contribution in [-0.4, -0.2) is 5.71 Å². The zero-order chi connectivity index (χ0) is 18.0. The molecule has 0 saturated heterocycles. The third-order valence-corrected chi connectivity index (χ3v) is 5.21. The molecule has 2 unspecified atom stereocenters. The van der Waals surface area contributed by atoms with Crippen LogP contribution in [0.2, 0.25) is 0 Å². The maximum absolute atomic E-state index is 5.16. The Labute approximate surface area is 155 Å². The van der Waals surface area contributed by atoms with Gasteiger partial charge in [0.2, 0.25) is 0 Å². The number of hydrogen-bond donors (Lipinski definition) is 1. The highest BCUT2D eigenvalue weighted by molar-refractivity contribution is 6.05. The molecule has 0 aliphatic carbocycles. The van der Waals surface area contributed by atoms with E-state index in [-0.39, 0.29) is 17.6 Å². The second-order valence-corrected chi connectivity index (χ2v) is 7.39. The van der Waals surface area contributed by atoms with E-state index in [1.54, 1.807) is 0 Å². The second-order valence-electron chi connectivity index (χ2n) is 7.39. The van der Waals surface area contributed by atoms with Crippen LogP contribution in [0.15, 0.2) is 96.0 Å². The van der Waals surface area contributed by atoms with Gasteiger partial charge in [0.05, 0.1) is 5.71 Å². The van der Waals surface area contributed by atoms with E-state index in [0.717, 1.165) is 5.71 Å². The van der Waals surface area contributed by atoms with E-state index in [1.165, 1.54) is 16.7 Å². The summed E-state index contributed by atoms with van der Waals surface area (Å²) in [7, 11) is 0. The molecule has 1 aliphatic rings. The molecule has 0 spiro atoms. The van der Waals surface area contributed by atoms with Crippen molar-refractivity contribution < 1.29 is 0 Å². The average molecular weight is 340 g/mol. The third kappa shape index (κ3) is 3.09. The zero-order valence-corrected chi connectivity index (χ0v) is 15.3. The molecule has 0 aromatic heterocycles. The van der Waals surface area contributed by atoms with E-state index in [1.807, 2.05) is 6.07 Å². The molecule has 0 saturated carbocycles. The van der Waals surface area contributed by atoms with Gasteiger partial charge in [-0.1, -0.05) is 105 Å². The van der Waals surface area contributed by atoms with Gasteiger partial charge in [0.25, 0.3) is 0 Å². The first kappa shape index (κ1) is 16.7. The van der Waals surface area contributed by atoms with Crippen LogP contribution in [0.4, 0.5) is 0 Å². The number of hydrogen-bond acceptors (Lipinski definition) is 2. The number of rotatable bonds is 3. The molecule has 4 rings (SSSR count). The van der Waals surface area contributed by atoms with Crippen LogP contribution in [0.5, 0.6) is 0 Å². The fourth-order valence-electron chi connectivity index (χ4n) is 3.84. The maximum atomic E-state index is 5.16. The van der Waals surface area contributed by atoms with Crippen molar-refractivity contribution >= 4 is 5.71 Å². The Kier molecular flexibility index (Phi) is 4.44. The van der Waals surface area contributed by atoms with Crippen molar-refractivity contribution in [2.24, 2.45) is 10.4 Å². The Morgan fingerprint density at radius 1 is 0.692 bits per heavy atom. The largest absolute Gasteiger partial charge is 0.284 e. The number of nitrogens with one attached hydrogen (secondary N) is 1. The minimum Gasteiger partial charge on any atom is -0.284 e. The van der Waals surface area contributed by atoms with Crippen molar-refractivity contribution in [3.63, 3.8) is 0 Å². The van der Waals surface area contributed by atoms with Crippen LogP contribution in [0.1, 0.15) is 42.7 Å². The molecular weight excluding hydrogens is 316 g/mol. The van der Waals surface area contributed by atoms with Gasteiger partial charge in [-0.15, -0.1) is 0 Å². The summed E-state index contributed by atoms with van der Waals surface area (Å²) in [6, 6.07) is 31.9. The molecule has 2 nitrogen and oxygen atoms in total. The Morgan fingerprint density at radius 3 is 1.77 bits per heavy atom. The first-order valence-corrected chi connectivity index (χ1v) is 9.16. The topological polar surface area (TPSA) is 24.4 Å². The molecule has 2 atom stereocenters. The van der Waals surface area contributed by atoms with E-state index in [9.17, 15) is 0 Å². The zero-order valence-electron chi connectivity index (χ0n) is 15.3. The monoisotopic (exact) mass is 340 g/mol. The average Bonchev–Trinajstić information content (AvgIpc) is 2.69. The lowest BCUT2D eigenvalue weighted by Crippen LogP contribution is -2.46. The van der Waals surface area contributed by atoms with E-state index in [0.29, 0.717) is 0 Å². The molecule has 1 heterocycles. The van der Waals surface area contributed by atoms with Gasteiger partial charge < -0.3 is 0 Å². The molecule has 2 heteroatoms. The van der Waals surface area contributed by atoms with E-state index in [4.69, 9.17) is 4.99 Å². The minimum atomic E-state index is -0.131. The Morgan fingerprint density at radius 2 is 1.19 bits per heavy atom. The molecule has 26 heavy (non-hydrogen) atoms. The maximum Gasteiger partial charge on any atom is 0.126 e. The SMILES string of the molecule is CC1(C)C(c2ccccc2)=NC(c2ccccc2)NC1c1ccccc1. The van der Waals surface area contributed by atoms with Crippen molar-refractivity contribution in [1.82, 2.24) is 5.32 Å². The standard InChI is InChI=1S/C24H24N2/c1-24(2)21(18-12-6-3-7-13-18)25-23(20-16-10-5-11-17-20)26-22(24)19-14-8-4-9-15-19/h3-17,21,23,25H,1-2H3. The third-order valence-electron chi connectivity index (χ3n) is 5.21. The summed E-state index contributed by atoms with van der Waals surface area (Å²) in [5.74, 6) is 0. The summed E-state index contributed by atoms with van der Waals surface area (Å²) < 4.78 is 0. The van der Waals surface area contributed by atoms with Crippen molar-refractivity contribution in [3.05, 3.63) is 108 Å². The van der Waals surface area contributed by atoms with Gasteiger partial charge in [-0.25, -0.2) is 0 Å². The summed E-state index contributed by atoms with van der Waals surface area (Å²) in [6.07, 6.45) is -0.0513. The van der Waals surface area contributed by atoms with Gasteiger partial charge in [-0.3, -0.25) is 10.3 Å². The van der Waals surface area contributed by atoms with Crippen LogP contribution < -0.4 is 5.32 Å². The summed E-state index contributed by atoms with van der Waals surface area (Å²) in [5.41, 5.74) is 4.70. The Balaban J connectivity index is 1.85. The van der Waals surface area contributed by atoms with E-state index in [2.05, 4.69) is 104 Å². The van der Waals surface area contributed by atoms with Crippen LogP contribution in [0, 0.1) is 5.41 Å². The number of nitrogens with zero attached hydrogens (tertiary/aromatic N) is 1. The minimum absolute atomic E-state index is 0.0513. The van der Waals surface area contributed by atoms with Gasteiger partial charge in [0.15, 0.2) is 0 Å². The highest BCUT2D eigenvalue weighted by Crippen LogP contribution is 2.42. The molecule has 0 bridgehead atoms. The molecule has 0 amide bonds. The molecule has 0 radical (unpaired) electrons. The number of benzene rings is 3. The number of aliphatic imine (C=N–C) groups is 1. The molecule has 130 valence electrons. The van der Waals surface area contributed by atoms with Gasteiger partial charge >= 0.3 is 0 Å². The lowest BCUT2D eigenvalue weighted by molar-refractivity contribution is 0.286. The summed E-state index contributed by atoms with van der Waals surface area (Å²) >= 11 is 0. The van der Waals surface area contributed by atoms with E-state index >= 15 is 0 Å². The fourth-order valence-corrected chi connectivity index (χ4v) is 3.84.